The van der Waals surface area contributed by atoms with Crippen LogP contribution in [0.25, 0.3) is 0 Å². The van der Waals surface area contributed by atoms with Crippen molar-refractivity contribution < 1.29 is 0 Å². The van der Waals surface area contributed by atoms with Gasteiger partial charge in [0.1, 0.15) is 0 Å². The molecular formula is C17H25N3. The van der Waals surface area contributed by atoms with Gasteiger partial charge in [0, 0.05) is 43.8 Å². The first-order valence-electron chi connectivity index (χ1n) is 8.06. The molecule has 0 bridgehead atoms. The topological polar surface area (TPSA) is 18.5 Å². The molecule has 1 spiro atoms. The first-order chi connectivity index (χ1) is 9.83. The third kappa shape index (κ3) is 2.33. The molecule has 0 aliphatic carbocycles. The fourth-order valence-electron chi connectivity index (χ4n) is 4.25. The van der Waals surface area contributed by atoms with Gasteiger partial charge in [-0.25, -0.2) is 0 Å². The summed E-state index contributed by atoms with van der Waals surface area (Å²) in [4.78, 5) is 5.22. The smallest absolute Gasteiger partial charge is 0.0366 e. The second-order valence-corrected chi connectivity index (χ2v) is 7.05. The van der Waals surface area contributed by atoms with Gasteiger partial charge >= 0.3 is 0 Å². The molecule has 0 amide bonds. The van der Waals surface area contributed by atoms with E-state index in [9.17, 15) is 0 Å². The van der Waals surface area contributed by atoms with Crippen molar-refractivity contribution in [3.8, 4) is 0 Å². The highest BCUT2D eigenvalue weighted by molar-refractivity contribution is 5.50. The molecule has 1 aromatic rings. The first kappa shape index (κ1) is 12.7. The van der Waals surface area contributed by atoms with Crippen LogP contribution in [0.15, 0.2) is 30.3 Å². The Morgan fingerprint density at radius 3 is 2.40 bits per heavy atom. The summed E-state index contributed by atoms with van der Waals surface area (Å²) in [6, 6.07) is 10.9. The molecule has 3 fully saturated rings. The molecule has 20 heavy (non-hydrogen) atoms. The van der Waals surface area contributed by atoms with Crippen LogP contribution in [0.1, 0.15) is 12.8 Å². The second-order valence-electron chi connectivity index (χ2n) is 7.05. The lowest BCUT2D eigenvalue weighted by atomic mass is 9.72. The molecule has 4 rings (SSSR count). The van der Waals surface area contributed by atoms with E-state index in [1.165, 1.54) is 64.3 Å². The minimum atomic E-state index is 0.628. The summed E-state index contributed by atoms with van der Waals surface area (Å²) in [5.41, 5.74) is 2.03. The number of rotatable bonds is 3. The molecule has 1 N–H and O–H groups in total. The van der Waals surface area contributed by atoms with Crippen LogP contribution < -0.4 is 10.2 Å². The predicted octanol–water partition coefficient (Wildman–Crippen LogP) is 1.81. The van der Waals surface area contributed by atoms with Crippen molar-refractivity contribution in [3.05, 3.63) is 30.3 Å². The summed E-state index contributed by atoms with van der Waals surface area (Å²) in [7, 11) is 0. The molecule has 3 nitrogen and oxygen atoms in total. The minimum absolute atomic E-state index is 0.628. The summed E-state index contributed by atoms with van der Waals surface area (Å²) in [6.45, 7) is 8.99. The van der Waals surface area contributed by atoms with Gasteiger partial charge in [0.15, 0.2) is 0 Å². The molecule has 3 aliphatic rings. The summed E-state index contributed by atoms with van der Waals surface area (Å²) >= 11 is 0. The standard InChI is InChI=1S/C17H25N3/c1-2-4-16(5-3-1)20-13-17(14-20)11-19(12-17)10-15-6-8-18-9-7-15/h1-5,15,18H,6-14H2. The molecule has 0 aromatic heterocycles. The highest BCUT2D eigenvalue weighted by atomic mass is 15.3. The number of nitrogens with one attached hydrogen (secondary N) is 1. The van der Waals surface area contributed by atoms with E-state index in [4.69, 9.17) is 0 Å². The molecule has 0 saturated carbocycles. The van der Waals surface area contributed by atoms with Crippen LogP contribution in [0.3, 0.4) is 0 Å². The van der Waals surface area contributed by atoms with Crippen LogP contribution in [-0.4, -0.2) is 50.7 Å². The number of piperidine rings is 1. The maximum absolute atomic E-state index is 3.46. The minimum Gasteiger partial charge on any atom is -0.370 e. The van der Waals surface area contributed by atoms with Crippen molar-refractivity contribution in [3.63, 3.8) is 0 Å². The quantitative estimate of drug-likeness (QED) is 0.904. The van der Waals surface area contributed by atoms with Crippen LogP contribution in [0.5, 0.6) is 0 Å². The van der Waals surface area contributed by atoms with Gasteiger partial charge in [-0.05, 0) is 44.0 Å². The predicted molar refractivity (Wildman–Crippen MR) is 83.1 cm³/mol. The van der Waals surface area contributed by atoms with Gasteiger partial charge in [0.25, 0.3) is 0 Å². The SMILES string of the molecule is c1ccc(N2CC3(CN(CC4CCNCC4)C3)C2)cc1. The van der Waals surface area contributed by atoms with Gasteiger partial charge < -0.3 is 15.1 Å². The number of para-hydroxylation sites is 1. The van der Waals surface area contributed by atoms with E-state index in [2.05, 4.69) is 45.4 Å². The molecule has 3 aliphatic heterocycles. The van der Waals surface area contributed by atoms with Crippen LogP contribution in [0, 0.1) is 11.3 Å². The Bertz CT molecular complexity index is 439. The summed E-state index contributed by atoms with van der Waals surface area (Å²) in [5.74, 6) is 0.943. The van der Waals surface area contributed by atoms with Crippen LogP contribution in [-0.2, 0) is 0 Å². The normalized spacial score (nSPS) is 26.3. The Morgan fingerprint density at radius 1 is 1.00 bits per heavy atom. The molecule has 108 valence electrons. The zero-order valence-corrected chi connectivity index (χ0v) is 12.2. The summed E-state index contributed by atoms with van der Waals surface area (Å²) in [5, 5.41) is 3.46. The number of likely N-dealkylation sites (tertiary alicyclic amines) is 1. The third-order valence-corrected chi connectivity index (χ3v) is 5.27. The third-order valence-electron chi connectivity index (χ3n) is 5.27. The number of benzene rings is 1. The second kappa shape index (κ2) is 5.05. The van der Waals surface area contributed by atoms with Crippen LogP contribution in [0.2, 0.25) is 0 Å². The molecule has 3 saturated heterocycles. The number of anilines is 1. The van der Waals surface area contributed by atoms with Crippen molar-refractivity contribution in [2.75, 3.05) is 50.7 Å². The molecular weight excluding hydrogens is 246 g/mol. The average molecular weight is 271 g/mol. The maximum Gasteiger partial charge on any atom is 0.0366 e. The molecule has 0 atom stereocenters. The van der Waals surface area contributed by atoms with E-state index in [1.54, 1.807) is 0 Å². The summed E-state index contributed by atoms with van der Waals surface area (Å²) in [6.07, 6.45) is 2.75. The van der Waals surface area contributed by atoms with E-state index in [-0.39, 0.29) is 0 Å². The Kier molecular flexibility index (Phi) is 3.20. The van der Waals surface area contributed by atoms with Crippen molar-refractivity contribution >= 4 is 5.69 Å². The monoisotopic (exact) mass is 271 g/mol. The fraction of sp³-hybridized carbons (Fsp3) is 0.647. The highest BCUT2D eigenvalue weighted by Gasteiger charge is 2.51. The molecule has 3 heteroatoms. The Hall–Kier alpha value is -1.06. The van der Waals surface area contributed by atoms with Gasteiger partial charge in [-0.1, -0.05) is 18.2 Å². The van der Waals surface area contributed by atoms with Gasteiger partial charge in [-0.3, -0.25) is 0 Å². The van der Waals surface area contributed by atoms with E-state index in [0.29, 0.717) is 5.41 Å². The molecule has 3 heterocycles. The van der Waals surface area contributed by atoms with Crippen molar-refractivity contribution in [1.82, 2.24) is 10.2 Å². The first-order valence-corrected chi connectivity index (χ1v) is 8.06. The zero-order valence-electron chi connectivity index (χ0n) is 12.2. The number of hydrogen-bond acceptors (Lipinski definition) is 3. The van der Waals surface area contributed by atoms with E-state index in [1.807, 2.05) is 0 Å². The maximum atomic E-state index is 3.46. The van der Waals surface area contributed by atoms with E-state index < -0.39 is 0 Å². The van der Waals surface area contributed by atoms with Crippen molar-refractivity contribution in [2.45, 2.75) is 12.8 Å². The Balaban J connectivity index is 1.24. The van der Waals surface area contributed by atoms with Gasteiger partial charge in [0.05, 0.1) is 0 Å². The lowest BCUT2D eigenvalue weighted by molar-refractivity contribution is -0.0327. The molecule has 0 radical (unpaired) electrons. The van der Waals surface area contributed by atoms with Crippen molar-refractivity contribution in [2.24, 2.45) is 11.3 Å². The van der Waals surface area contributed by atoms with Crippen LogP contribution >= 0.6 is 0 Å². The van der Waals surface area contributed by atoms with Gasteiger partial charge in [-0.15, -0.1) is 0 Å². The average Bonchev–Trinajstić information content (AvgIpc) is 2.42. The molecule has 1 aromatic carbocycles. The lowest BCUT2D eigenvalue weighted by Crippen LogP contribution is -2.72. The number of hydrogen-bond donors (Lipinski definition) is 1. The van der Waals surface area contributed by atoms with E-state index >= 15 is 0 Å². The van der Waals surface area contributed by atoms with Crippen molar-refractivity contribution in [1.29, 1.82) is 0 Å². The van der Waals surface area contributed by atoms with E-state index in [0.717, 1.165) is 5.92 Å². The highest BCUT2D eigenvalue weighted by Crippen LogP contribution is 2.42. The fourth-order valence-corrected chi connectivity index (χ4v) is 4.25. The Labute approximate surface area is 121 Å². The van der Waals surface area contributed by atoms with Gasteiger partial charge in [-0.2, -0.15) is 0 Å². The lowest BCUT2D eigenvalue weighted by Gasteiger charge is -2.61. The Morgan fingerprint density at radius 2 is 1.70 bits per heavy atom. The summed E-state index contributed by atoms with van der Waals surface area (Å²) < 4.78 is 0. The molecule has 0 unspecified atom stereocenters. The number of nitrogens with zero attached hydrogens (tertiary/aromatic N) is 2. The van der Waals surface area contributed by atoms with Crippen LogP contribution in [0.4, 0.5) is 5.69 Å². The zero-order chi connectivity index (χ0) is 13.4. The van der Waals surface area contributed by atoms with Gasteiger partial charge in [0.2, 0.25) is 0 Å². The largest absolute Gasteiger partial charge is 0.370 e.